The maximum Gasteiger partial charge on any atom is 0.262 e. The molecule has 6 nitrogen and oxygen atoms in total. The number of Topliss-reactive ketones (excluding diaryl/α,β-unsaturated/α-hetero) is 1. The number of benzene rings is 2. The molecular formula is C19H15N3O3S3. The van der Waals surface area contributed by atoms with Crippen LogP contribution in [0.5, 0.6) is 5.75 Å². The minimum absolute atomic E-state index is 0.0125. The summed E-state index contributed by atoms with van der Waals surface area (Å²) in [6, 6.07) is 14.7. The number of ether oxygens (including phenoxy) is 1. The quantitative estimate of drug-likeness (QED) is 0.369. The van der Waals surface area contributed by atoms with Gasteiger partial charge in [0.2, 0.25) is 0 Å². The number of ketones is 1. The van der Waals surface area contributed by atoms with Gasteiger partial charge in [0.05, 0.1) is 16.6 Å². The lowest BCUT2D eigenvalue weighted by molar-refractivity contribution is -0.118. The zero-order valence-electron chi connectivity index (χ0n) is 14.7. The first kappa shape index (κ1) is 18.9. The van der Waals surface area contributed by atoms with Gasteiger partial charge in [-0.25, -0.2) is 4.68 Å². The van der Waals surface area contributed by atoms with Crippen molar-refractivity contribution >= 4 is 52.7 Å². The van der Waals surface area contributed by atoms with Crippen molar-refractivity contribution in [3.63, 3.8) is 0 Å². The van der Waals surface area contributed by atoms with E-state index in [0.717, 1.165) is 10.0 Å². The maximum absolute atomic E-state index is 12.8. The van der Waals surface area contributed by atoms with Crippen LogP contribution in [0.15, 0.2) is 52.9 Å². The van der Waals surface area contributed by atoms with E-state index in [2.05, 4.69) is 10.4 Å². The number of hydrogen-bond acceptors (Lipinski definition) is 7. The molecule has 1 aliphatic heterocycles. The van der Waals surface area contributed by atoms with Gasteiger partial charge in [-0.2, -0.15) is 0 Å². The Morgan fingerprint density at radius 1 is 1.32 bits per heavy atom. The second-order valence-corrected chi connectivity index (χ2v) is 9.26. The summed E-state index contributed by atoms with van der Waals surface area (Å²) in [7, 11) is 0. The Bertz CT molecular complexity index is 1110. The molecule has 0 fully saturated rings. The van der Waals surface area contributed by atoms with Gasteiger partial charge in [-0.3, -0.25) is 9.59 Å². The summed E-state index contributed by atoms with van der Waals surface area (Å²) in [5, 5.41) is 6.91. The Balaban J connectivity index is 1.52. The second kappa shape index (κ2) is 7.86. The predicted octanol–water partition coefficient (Wildman–Crippen LogP) is 4.36. The molecule has 0 saturated heterocycles. The minimum Gasteiger partial charge on any atom is -0.482 e. The Morgan fingerprint density at radius 3 is 2.89 bits per heavy atom. The first-order valence-corrected chi connectivity index (χ1v) is 10.5. The average Bonchev–Trinajstić information content (AvgIpc) is 3.07. The molecule has 1 amide bonds. The van der Waals surface area contributed by atoms with Crippen molar-refractivity contribution in [3.05, 3.63) is 58.0 Å². The molecule has 9 heteroatoms. The Hall–Kier alpha value is -2.49. The standard InChI is InChI=1S/C19H15N3O3S3/c1-11(17(24)12-7-8-15-14(9-12)20-16(23)10-25-15)27-18-21-22(19(26)28-18)13-5-3-2-4-6-13/h2-9,11H,10H2,1H3,(H,20,23)/t11-/m0/s1. The Morgan fingerprint density at radius 2 is 2.11 bits per heavy atom. The van der Waals surface area contributed by atoms with Crippen molar-refractivity contribution in [2.75, 3.05) is 11.9 Å². The summed E-state index contributed by atoms with van der Waals surface area (Å²) in [6.07, 6.45) is 0. The van der Waals surface area contributed by atoms with E-state index in [1.54, 1.807) is 22.9 Å². The van der Waals surface area contributed by atoms with E-state index in [-0.39, 0.29) is 23.5 Å². The van der Waals surface area contributed by atoms with Gasteiger partial charge in [-0.15, -0.1) is 5.10 Å². The topological polar surface area (TPSA) is 73.2 Å². The van der Waals surface area contributed by atoms with E-state index in [4.69, 9.17) is 17.0 Å². The third-order valence-corrected chi connectivity index (χ3v) is 6.49. The molecule has 2 heterocycles. The van der Waals surface area contributed by atoms with Crippen LogP contribution >= 0.6 is 35.3 Å². The zero-order chi connectivity index (χ0) is 19.7. The number of thioether (sulfide) groups is 1. The Kier molecular flexibility index (Phi) is 5.29. The van der Waals surface area contributed by atoms with Crippen molar-refractivity contribution in [1.82, 2.24) is 9.78 Å². The van der Waals surface area contributed by atoms with Gasteiger partial charge in [-0.1, -0.05) is 41.3 Å². The summed E-state index contributed by atoms with van der Waals surface area (Å²) in [6.45, 7) is 1.82. The summed E-state index contributed by atoms with van der Waals surface area (Å²) < 4.78 is 8.39. The highest BCUT2D eigenvalue weighted by Gasteiger charge is 2.22. The van der Waals surface area contributed by atoms with Crippen LogP contribution in [0.2, 0.25) is 0 Å². The molecule has 2 aromatic carbocycles. The lowest BCUT2D eigenvalue weighted by Crippen LogP contribution is -2.25. The highest BCUT2D eigenvalue weighted by Crippen LogP contribution is 2.32. The molecule has 1 aromatic heterocycles. The van der Waals surface area contributed by atoms with Crippen LogP contribution < -0.4 is 10.1 Å². The van der Waals surface area contributed by atoms with Crippen molar-refractivity contribution in [3.8, 4) is 11.4 Å². The lowest BCUT2D eigenvalue weighted by Gasteiger charge is -2.18. The Labute approximate surface area is 174 Å². The number of amides is 1. The third kappa shape index (κ3) is 3.87. The first-order chi connectivity index (χ1) is 13.5. The predicted molar refractivity (Wildman–Crippen MR) is 112 cm³/mol. The van der Waals surface area contributed by atoms with Gasteiger partial charge in [0, 0.05) is 5.56 Å². The fourth-order valence-electron chi connectivity index (χ4n) is 2.72. The number of anilines is 1. The molecule has 0 aliphatic carbocycles. The number of nitrogens with one attached hydrogen (secondary N) is 1. The summed E-state index contributed by atoms with van der Waals surface area (Å²) in [4.78, 5) is 24.3. The van der Waals surface area contributed by atoms with Gasteiger partial charge in [-0.05, 0) is 49.5 Å². The van der Waals surface area contributed by atoms with Crippen molar-refractivity contribution in [1.29, 1.82) is 0 Å². The van der Waals surface area contributed by atoms with Crippen molar-refractivity contribution in [2.45, 2.75) is 16.5 Å². The van der Waals surface area contributed by atoms with Crippen LogP contribution in [0.4, 0.5) is 5.69 Å². The monoisotopic (exact) mass is 429 g/mol. The lowest BCUT2D eigenvalue weighted by atomic mass is 10.1. The van der Waals surface area contributed by atoms with Gasteiger partial charge in [0.1, 0.15) is 5.75 Å². The molecule has 0 bridgehead atoms. The number of carbonyl (C=O) groups excluding carboxylic acids is 2. The van der Waals surface area contributed by atoms with E-state index in [1.165, 1.54) is 23.1 Å². The number of hydrogen-bond donors (Lipinski definition) is 1. The number of aromatic nitrogens is 2. The van der Waals surface area contributed by atoms with Crippen molar-refractivity contribution < 1.29 is 14.3 Å². The van der Waals surface area contributed by atoms with Gasteiger partial charge < -0.3 is 10.1 Å². The van der Waals surface area contributed by atoms with Crippen LogP contribution in [0.3, 0.4) is 0 Å². The van der Waals surface area contributed by atoms with E-state index < -0.39 is 0 Å². The molecule has 3 aromatic rings. The van der Waals surface area contributed by atoms with Crippen LogP contribution in [-0.2, 0) is 4.79 Å². The minimum atomic E-state index is -0.358. The molecule has 4 rings (SSSR count). The second-order valence-electron chi connectivity index (χ2n) is 6.05. The van der Waals surface area contributed by atoms with E-state index >= 15 is 0 Å². The van der Waals surface area contributed by atoms with Gasteiger partial charge in [0.25, 0.3) is 5.91 Å². The van der Waals surface area contributed by atoms with Gasteiger partial charge >= 0.3 is 0 Å². The van der Waals surface area contributed by atoms with E-state index in [9.17, 15) is 9.59 Å². The van der Waals surface area contributed by atoms with Crippen LogP contribution in [0.25, 0.3) is 5.69 Å². The number of nitrogens with zero attached hydrogens (tertiary/aromatic N) is 2. The molecule has 1 N–H and O–H groups in total. The fourth-order valence-corrected chi connectivity index (χ4v) is 5.30. The normalized spacial score (nSPS) is 14.0. The highest BCUT2D eigenvalue weighted by molar-refractivity contribution is 8.02. The number of fused-ring (bicyclic) bond motifs is 1. The molecule has 1 atom stereocenters. The van der Waals surface area contributed by atoms with Crippen LogP contribution in [-0.4, -0.2) is 33.3 Å². The summed E-state index contributed by atoms with van der Waals surface area (Å²) >= 11 is 8.15. The van der Waals surface area contributed by atoms with Crippen LogP contribution in [0.1, 0.15) is 17.3 Å². The average molecular weight is 430 g/mol. The van der Waals surface area contributed by atoms with E-state index in [0.29, 0.717) is 21.0 Å². The van der Waals surface area contributed by atoms with Crippen molar-refractivity contribution in [2.24, 2.45) is 0 Å². The highest BCUT2D eigenvalue weighted by atomic mass is 32.2. The maximum atomic E-state index is 12.8. The molecule has 28 heavy (non-hydrogen) atoms. The third-order valence-electron chi connectivity index (χ3n) is 4.07. The van der Waals surface area contributed by atoms with Gasteiger partial charge in [0.15, 0.2) is 20.7 Å². The molecule has 0 spiro atoms. The fraction of sp³-hybridized carbons (Fsp3) is 0.158. The molecular weight excluding hydrogens is 414 g/mol. The number of carbonyl (C=O) groups is 2. The zero-order valence-corrected chi connectivity index (χ0v) is 17.2. The SMILES string of the molecule is C[C@H](Sc1nn(-c2ccccc2)c(=S)s1)C(=O)c1ccc2c(c1)NC(=O)CO2. The summed E-state index contributed by atoms with van der Waals surface area (Å²) in [5.41, 5.74) is 1.92. The smallest absolute Gasteiger partial charge is 0.262 e. The first-order valence-electron chi connectivity index (χ1n) is 8.44. The molecule has 0 radical (unpaired) electrons. The molecule has 142 valence electrons. The number of rotatable bonds is 5. The number of para-hydroxylation sites is 1. The van der Waals surface area contributed by atoms with E-state index in [1.807, 2.05) is 37.3 Å². The molecule has 1 aliphatic rings. The summed E-state index contributed by atoms with van der Waals surface area (Å²) in [5.74, 6) is 0.279. The largest absolute Gasteiger partial charge is 0.482 e. The molecule has 0 saturated carbocycles. The van der Waals surface area contributed by atoms with Crippen LogP contribution in [0, 0.1) is 3.95 Å². The molecule has 0 unspecified atom stereocenters.